The molecular weight excluding hydrogens is 380 g/mol. The van der Waals surface area contributed by atoms with Crippen LogP contribution in [0.5, 0.6) is 5.75 Å². The smallest absolute Gasteiger partial charge is 0.133 e. The highest BCUT2D eigenvalue weighted by Crippen LogP contribution is 2.47. The second kappa shape index (κ2) is 9.17. The summed E-state index contributed by atoms with van der Waals surface area (Å²) in [6, 6.07) is 7.41. The van der Waals surface area contributed by atoms with Gasteiger partial charge in [0.25, 0.3) is 0 Å². The summed E-state index contributed by atoms with van der Waals surface area (Å²) in [5.74, 6) is 4.29. The predicted octanol–water partition coefficient (Wildman–Crippen LogP) is 3.92. The van der Waals surface area contributed by atoms with Crippen molar-refractivity contribution in [2.24, 2.45) is 11.8 Å². The van der Waals surface area contributed by atoms with Crippen LogP contribution in [0.4, 0.5) is 0 Å². The molecule has 4 aliphatic rings. The molecular formula is C24H36N2O2S. The molecule has 0 spiro atoms. The maximum absolute atomic E-state index is 6.25. The van der Waals surface area contributed by atoms with Crippen molar-refractivity contribution in [1.29, 1.82) is 0 Å². The van der Waals surface area contributed by atoms with Crippen LogP contribution in [0.25, 0.3) is 0 Å². The van der Waals surface area contributed by atoms with Crippen molar-refractivity contribution in [3.63, 3.8) is 0 Å². The first kappa shape index (κ1) is 20.2. The van der Waals surface area contributed by atoms with E-state index >= 15 is 0 Å². The van der Waals surface area contributed by atoms with Gasteiger partial charge in [-0.2, -0.15) is 0 Å². The second-order valence-corrected chi connectivity index (χ2v) is 10.5. The summed E-state index contributed by atoms with van der Waals surface area (Å²) < 4.78 is 12.1. The number of hydrogen-bond acceptors (Lipinski definition) is 5. The molecule has 0 N–H and O–H groups in total. The van der Waals surface area contributed by atoms with Crippen LogP contribution in [0.2, 0.25) is 0 Å². The summed E-state index contributed by atoms with van der Waals surface area (Å²) >= 11 is 1.95. The zero-order valence-electron chi connectivity index (χ0n) is 17.9. The molecule has 1 unspecified atom stereocenters. The van der Waals surface area contributed by atoms with Crippen LogP contribution in [0.1, 0.15) is 37.7 Å². The maximum Gasteiger partial charge on any atom is 0.133 e. The number of rotatable bonds is 9. The minimum absolute atomic E-state index is 0.133. The van der Waals surface area contributed by atoms with E-state index in [2.05, 4.69) is 28.0 Å². The average Bonchev–Trinajstić information content (AvgIpc) is 3.68. The molecule has 5 rings (SSSR count). The highest BCUT2D eigenvalue weighted by atomic mass is 32.2. The lowest BCUT2D eigenvalue weighted by Gasteiger charge is -2.40. The van der Waals surface area contributed by atoms with Crippen LogP contribution in [0.15, 0.2) is 23.1 Å². The van der Waals surface area contributed by atoms with Gasteiger partial charge in [-0.05, 0) is 67.7 Å². The van der Waals surface area contributed by atoms with Crippen LogP contribution in [0, 0.1) is 11.8 Å². The van der Waals surface area contributed by atoms with Crippen molar-refractivity contribution < 1.29 is 9.47 Å². The van der Waals surface area contributed by atoms with Crippen molar-refractivity contribution in [2.75, 3.05) is 52.2 Å². The topological polar surface area (TPSA) is 24.9 Å². The molecule has 1 aromatic carbocycles. The molecule has 2 saturated carbocycles. The lowest BCUT2D eigenvalue weighted by Crippen LogP contribution is -2.53. The van der Waals surface area contributed by atoms with Crippen LogP contribution in [-0.4, -0.2) is 74.1 Å². The van der Waals surface area contributed by atoms with Gasteiger partial charge in [-0.25, -0.2) is 0 Å². The SMILES string of the molecule is COC(COc1cccc2c1SCCC2)CN1CCN(C(C2CC2)C2CC2)CC1. The molecule has 160 valence electrons. The van der Waals surface area contributed by atoms with Gasteiger partial charge in [0.15, 0.2) is 0 Å². The molecule has 0 aromatic heterocycles. The molecule has 1 saturated heterocycles. The Morgan fingerprint density at radius 1 is 1.07 bits per heavy atom. The Hall–Kier alpha value is -0.750. The Bertz CT molecular complexity index is 671. The standard InChI is InChI=1S/C24H36N2O2S/c1-27-21(17-28-22-6-2-4-20-5-3-15-29-24(20)22)16-25-11-13-26(14-12-25)23(18-7-8-18)19-9-10-19/h2,4,6,18-19,21,23H,3,5,7-17H2,1H3. The third-order valence-electron chi connectivity index (χ3n) is 7.16. The molecule has 1 atom stereocenters. The Balaban J connectivity index is 1.11. The van der Waals surface area contributed by atoms with Crippen molar-refractivity contribution >= 4 is 11.8 Å². The van der Waals surface area contributed by atoms with Gasteiger partial charge < -0.3 is 9.47 Å². The normalized spacial score (nSPS) is 24.5. The van der Waals surface area contributed by atoms with E-state index in [9.17, 15) is 0 Å². The third-order valence-corrected chi connectivity index (χ3v) is 8.40. The lowest BCUT2D eigenvalue weighted by atomic mass is 10.0. The van der Waals surface area contributed by atoms with E-state index in [4.69, 9.17) is 9.47 Å². The molecule has 2 aliphatic heterocycles. The largest absolute Gasteiger partial charge is 0.490 e. The predicted molar refractivity (Wildman–Crippen MR) is 119 cm³/mol. The molecule has 3 fully saturated rings. The van der Waals surface area contributed by atoms with E-state index in [1.54, 1.807) is 0 Å². The summed E-state index contributed by atoms with van der Waals surface area (Å²) in [5, 5.41) is 0. The minimum atomic E-state index is 0.133. The Morgan fingerprint density at radius 2 is 1.83 bits per heavy atom. The van der Waals surface area contributed by atoms with Crippen molar-refractivity contribution in [2.45, 2.75) is 55.6 Å². The number of ether oxygens (including phenoxy) is 2. The summed E-state index contributed by atoms with van der Waals surface area (Å²) in [4.78, 5) is 6.76. The Kier molecular flexibility index (Phi) is 6.38. The number of thioether (sulfide) groups is 1. The molecule has 4 nitrogen and oxygen atoms in total. The van der Waals surface area contributed by atoms with Gasteiger partial charge in [-0.15, -0.1) is 11.8 Å². The van der Waals surface area contributed by atoms with E-state index in [0.29, 0.717) is 6.61 Å². The molecule has 29 heavy (non-hydrogen) atoms. The number of nitrogens with zero attached hydrogens (tertiary/aromatic N) is 2. The van der Waals surface area contributed by atoms with Gasteiger partial charge in [-0.3, -0.25) is 9.80 Å². The fourth-order valence-corrected chi connectivity index (χ4v) is 6.36. The summed E-state index contributed by atoms with van der Waals surface area (Å²) in [5.41, 5.74) is 1.45. The van der Waals surface area contributed by atoms with Crippen molar-refractivity contribution in [3.05, 3.63) is 23.8 Å². The number of aryl methyl sites for hydroxylation is 1. The first-order valence-electron chi connectivity index (χ1n) is 11.7. The van der Waals surface area contributed by atoms with Crippen LogP contribution >= 0.6 is 11.8 Å². The quantitative estimate of drug-likeness (QED) is 0.608. The third kappa shape index (κ3) is 4.95. The Labute approximate surface area is 180 Å². The fraction of sp³-hybridized carbons (Fsp3) is 0.750. The second-order valence-electron chi connectivity index (χ2n) is 9.37. The summed E-state index contributed by atoms with van der Waals surface area (Å²) in [7, 11) is 1.83. The molecule has 0 amide bonds. The van der Waals surface area contributed by atoms with Gasteiger partial charge in [0.1, 0.15) is 18.5 Å². The number of benzene rings is 1. The Morgan fingerprint density at radius 3 is 2.52 bits per heavy atom. The first-order valence-corrected chi connectivity index (χ1v) is 12.7. The van der Waals surface area contributed by atoms with Gasteiger partial charge in [0.05, 0.1) is 4.90 Å². The van der Waals surface area contributed by atoms with Gasteiger partial charge in [0.2, 0.25) is 0 Å². The molecule has 2 aliphatic carbocycles. The lowest BCUT2D eigenvalue weighted by molar-refractivity contribution is 0.00679. The van der Waals surface area contributed by atoms with Crippen LogP contribution in [-0.2, 0) is 11.2 Å². The summed E-state index contributed by atoms with van der Waals surface area (Å²) in [6.07, 6.45) is 8.50. The van der Waals surface area contributed by atoms with Gasteiger partial charge in [0, 0.05) is 45.9 Å². The molecule has 5 heteroatoms. The van der Waals surface area contributed by atoms with E-state index in [1.165, 1.54) is 80.9 Å². The fourth-order valence-electron chi connectivity index (χ4n) is 5.24. The van der Waals surface area contributed by atoms with Gasteiger partial charge in [-0.1, -0.05) is 12.1 Å². The number of piperazine rings is 1. The van der Waals surface area contributed by atoms with E-state index < -0.39 is 0 Å². The minimum Gasteiger partial charge on any atom is -0.490 e. The number of hydrogen-bond donors (Lipinski definition) is 0. The van der Waals surface area contributed by atoms with Crippen LogP contribution in [0.3, 0.4) is 0 Å². The first-order chi connectivity index (χ1) is 14.3. The zero-order valence-corrected chi connectivity index (χ0v) is 18.7. The highest BCUT2D eigenvalue weighted by Gasteiger charge is 2.45. The van der Waals surface area contributed by atoms with E-state index in [0.717, 1.165) is 30.2 Å². The van der Waals surface area contributed by atoms with Crippen LogP contribution < -0.4 is 4.74 Å². The van der Waals surface area contributed by atoms with E-state index in [-0.39, 0.29) is 6.10 Å². The monoisotopic (exact) mass is 416 g/mol. The van der Waals surface area contributed by atoms with Gasteiger partial charge >= 0.3 is 0 Å². The number of fused-ring (bicyclic) bond motifs is 1. The summed E-state index contributed by atoms with van der Waals surface area (Å²) in [6.45, 7) is 6.43. The molecule has 2 heterocycles. The highest BCUT2D eigenvalue weighted by molar-refractivity contribution is 7.99. The molecule has 0 radical (unpaired) electrons. The zero-order chi connectivity index (χ0) is 19.6. The van der Waals surface area contributed by atoms with Crippen molar-refractivity contribution in [1.82, 2.24) is 9.80 Å². The maximum atomic E-state index is 6.25. The van der Waals surface area contributed by atoms with Crippen molar-refractivity contribution in [3.8, 4) is 5.75 Å². The number of methoxy groups -OCH3 is 1. The van der Waals surface area contributed by atoms with E-state index in [1.807, 2.05) is 18.9 Å². The molecule has 1 aromatic rings. The molecule has 0 bridgehead atoms. The average molecular weight is 417 g/mol.